The van der Waals surface area contributed by atoms with Gasteiger partial charge in [-0.3, -0.25) is 4.90 Å². The lowest BCUT2D eigenvalue weighted by molar-refractivity contribution is 0.295. The zero-order valence-corrected chi connectivity index (χ0v) is 11.0. The van der Waals surface area contributed by atoms with Gasteiger partial charge < -0.3 is 5.73 Å². The predicted octanol–water partition coefficient (Wildman–Crippen LogP) is 2.75. The molecule has 0 spiro atoms. The molecule has 0 radical (unpaired) electrons. The molecule has 0 unspecified atom stereocenters. The molecular weight excluding hydrogens is 252 g/mol. The van der Waals surface area contributed by atoms with Gasteiger partial charge in [-0.25, -0.2) is 0 Å². The number of hydrogen-bond donors (Lipinski definition) is 1. The third kappa shape index (κ3) is 3.30. The minimum Gasteiger partial charge on any atom is -0.326 e. The van der Waals surface area contributed by atoms with Gasteiger partial charge in [0, 0.05) is 17.6 Å². The zero-order valence-electron chi connectivity index (χ0n) is 9.46. The van der Waals surface area contributed by atoms with Crippen molar-refractivity contribution < 1.29 is 0 Å². The van der Waals surface area contributed by atoms with Gasteiger partial charge in [0.25, 0.3) is 0 Å². The topological polar surface area (TPSA) is 29.3 Å². The normalized spacial score (nSPS) is 11.0. The smallest absolute Gasteiger partial charge is 0.0265 e. The quantitative estimate of drug-likeness (QED) is 0.892. The van der Waals surface area contributed by atoms with Gasteiger partial charge in [0.05, 0.1) is 0 Å². The maximum atomic E-state index is 5.67. The van der Waals surface area contributed by atoms with Crippen LogP contribution in [0.3, 0.4) is 0 Å². The molecule has 0 aromatic heterocycles. The summed E-state index contributed by atoms with van der Waals surface area (Å²) in [5, 5.41) is 0. The van der Waals surface area contributed by atoms with E-state index in [9.17, 15) is 0 Å². The van der Waals surface area contributed by atoms with Crippen molar-refractivity contribution in [3.8, 4) is 0 Å². The molecule has 84 valence electrons. The van der Waals surface area contributed by atoms with E-state index >= 15 is 0 Å². The van der Waals surface area contributed by atoms with Crippen LogP contribution in [-0.4, -0.2) is 18.0 Å². The summed E-state index contributed by atoms with van der Waals surface area (Å²) >= 11 is 3.62. The average Bonchev–Trinajstić information content (AvgIpc) is 2.28. The highest BCUT2D eigenvalue weighted by Crippen LogP contribution is 2.22. The SMILES string of the molecule is CCN(CC)Cc1cccc(CN)c1Br. The van der Waals surface area contributed by atoms with Crippen molar-refractivity contribution in [2.24, 2.45) is 5.73 Å². The predicted molar refractivity (Wildman–Crippen MR) is 68.7 cm³/mol. The summed E-state index contributed by atoms with van der Waals surface area (Å²) in [6, 6.07) is 6.29. The lowest BCUT2D eigenvalue weighted by atomic mass is 10.1. The van der Waals surface area contributed by atoms with Crippen molar-refractivity contribution in [1.29, 1.82) is 0 Å². The summed E-state index contributed by atoms with van der Waals surface area (Å²) in [6.07, 6.45) is 0. The van der Waals surface area contributed by atoms with Crippen molar-refractivity contribution in [2.45, 2.75) is 26.9 Å². The lowest BCUT2D eigenvalue weighted by Gasteiger charge is -2.19. The van der Waals surface area contributed by atoms with Crippen molar-refractivity contribution in [3.05, 3.63) is 33.8 Å². The fraction of sp³-hybridized carbons (Fsp3) is 0.500. The Morgan fingerprint density at radius 2 is 1.80 bits per heavy atom. The number of halogens is 1. The zero-order chi connectivity index (χ0) is 11.3. The summed E-state index contributed by atoms with van der Waals surface area (Å²) < 4.78 is 1.17. The highest BCUT2D eigenvalue weighted by Gasteiger charge is 2.07. The van der Waals surface area contributed by atoms with E-state index in [1.54, 1.807) is 0 Å². The Morgan fingerprint density at radius 1 is 1.20 bits per heavy atom. The highest BCUT2D eigenvalue weighted by atomic mass is 79.9. The molecule has 1 aromatic carbocycles. The third-order valence-corrected chi connectivity index (χ3v) is 3.69. The fourth-order valence-corrected chi connectivity index (χ4v) is 2.15. The Morgan fingerprint density at radius 3 is 2.33 bits per heavy atom. The molecule has 3 heteroatoms. The Hall–Kier alpha value is -0.380. The van der Waals surface area contributed by atoms with E-state index in [2.05, 4.69) is 52.9 Å². The monoisotopic (exact) mass is 270 g/mol. The maximum absolute atomic E-state index is 5.67. The van der Waals surface area contributed by atoms with Crippen molar-refractivity contribution >= 4 is 15.9 Å². The number of nitrogens with two attached hydrogens (primary N) is 1. The number of benzene rings is 1. The third-order valence-electron chi connectivity index (χ3n) is 2.67. The molecule has 0 aliphatic rings. The van der Waals surface area contributed by atoms with Crippen molar-refractivity contribution in [1.82, 2.24) is 4.90 Å². The van der Waals surface area contributed by atoms with Crippen LogP contribution in [0.15, 0.2) is 22.7 Å². The van der Waals surface area contributed by atoms with Gasteiger partial charge in [0.2, 0.25) is 0 Å². The second kappa shape index (κ2) is 6.26. The van der Waals surface area contributed by atoms with Gasteiger partial charge in [-0.15, -0.1) is 0 Å². The standard InChI is InChI=1S/C12H19BrN2/c1-3-15(4-2)9-11-7-5-6-10(8-14)12(11)13/h5-7H,3-4,8-9,14H2,1-2H3. The molecule has 2 nitrogen and oxygen atoms in total. The molecule has 0 amide bonds. The van der Waals surface area contributed by atoms with E-state index in [1.165, 1.54) is 15.6 Å². The van der Waals surface area contributed by atoms with E-state index < -0.39 is 0 Å². The van der Waals surface area contributed by atoms with Crippen LogP contribution in [0.5, 0.6) is 0 Å². The number of hydrogen-bond acceptors (Lipinski definition) is 2. The van der Waals surface area contributed by atoms with Crippen molar-refractivity contribution in [3.63, 3.8) is 0 Å². The van der Waals surface area contributed by atoms with Gasteiger partial charge in [-0.1, -0.05) is 48.0 Å². The van der Waals surface area contributed by atoms with Gasteiger partial charge in [-0.05, 0) is 24.2 Å². The molecule has 1 aromatic rings. The molecule has 0 saturated carbocycles. The molecule has 0 atom stereocenters. The number of nitrogens with zero attached hydrogens (tertiary/aromatic N) is 1. The minimum atomic E-state index is 0.590. The van der Waals surface area contributed by atoms with Crippen LogP contribution in [-0.2, 0) is 13.1 Å². The fourth-order valence-electron chi connectivity index (χ4n) is 1.60. The van der Waals surface area contributed by atoms with E-state index in [-0.39, 0.29) is 0 Å². The molecule has 0 aliphatic heterocycles. The van der Waals surface area contributed by atoms with Crippen LogP contribution in [0.1, 0.15) is 25.0 Å². The summed E-state index contributed by atoms with van der Waals surface area (Å²) in [5.41, 5.74) is 8.17. The summed E-state index contributed by atoms with van der Waals surface area (Å²) in [4.78, 5) is 2.39. The molecular formula is C12H19BrN2. The van der Waals surface area contributed by atoms with Crippen molar-refractivity contribution in [2.75, 3.05) is 13.1 Å². The first kappa shape index (κ1) is 12.7. The van der Waals surface area contributed by atoms with E-state index in [0.29, 0.717) is 6.54 Å². The summed E-state index contributed by atoms with van der Waals surface area (Å²) in [5.74, 6) is 0. The average molecular weight is 271 g/mol. The van der Waals surface area contributed by atoms with Crippen LogP contribution in [0.4, 0.5) is 0 Å². The summed E-state index contributed by atoms with van der Waals surface area (Å²) in [6.45, 7) is 8.11. The Bertz CT molecular complexity index is 308. The minimum absolute atomic E-state index is 0.590. The second-order valence-electron chi connectivity index (χ2n) is 3.56. The highest BCUT2D eigenvalue weighted by molar-refractivity contribution is 9.10. The molecule has 0 bridgehead atoms. The van der Waals surface area contributed by atoms with Crippen LogP contribution in [0.2, 0.25) is 0 Å². The Labute approximate surface area is 101 Å². The van der Waals surface area contributed by atoms with E-state index in [4.69, 9.17) is 5.73 Å². The summed E-state index contributed by atoms with van der Waals surface area (Å²) in [7, 11) is 0. The Kier molecular flexibility index (Phi) is 5.29. The maximum Gasteiger partial charge on any atom is 0.0265 e. The van der Waals surface area contributed by atoms with E-state index in [0.717, 1.165) is 19.6 Å². The first-order chi connectivity index (χ1) is 7.22. The van der Waals surface area contributed by atoms with E-state index in [1.807, 2.05) is 0 Å². The molecule has 0 saturated heterocycles. The van der Waals surface area contributed by atoms with Gasteiger partial charge in [0.1, 0.15) is 0 Å². The van der Waals surface area contributed by atoms with Crippen LogP contribution in [0.25, 0.3) is 0 Å². The molecule has 2 N–H and O–H groups in total. The Balaban J connectivity index is 2.85. The second-order valence-corrected chi connectivity index (χ2v) is 4.35. The van der Waals surface area contributed by atoms with Crippen LogP contribution >= 0.6 is 15.9 Å². The molecule has 0 heterocycles. The molecule has 0 aliphatic carbocycles. The molecule has 15 heavy (non-hydrogen) atoms. The molecule has 0 fully saturated rings. The lowest BCUT2D eigenvalue weighted by Crippen LogP contribution is -2.22. The van der Waals surface area contributed by atoms with Crippen LogP contribution < -0.4 is 5.73 Å². The first-order valence-corrected chi connectivity index (χ1v) is 6.20. The van der Waals surface area contributed by atoms with Gasteiger partial charge in [0.15, 0.2) is 0 Å². The molecule has 1 rings (SSSR count). The van der Waals surface area contributed by atoms with Gasteiger partial charge >= 0.3 is 0 Å². The largest absolute Gasteiger partial charge is 0.326 e. The first-order valence-electron chi connectivity index (χ1n) is 5.41. The van der Waals surface area contributed by atoms with Crippen LogP contribution in [0, 0.1) is 0 Å². The number of rotatable bonds is 5. The van der Waals surface area contributed by atoms with Gasteiger partial charge in [-0.2, -0.15) is 0 Å².